The van der Waals surface area contributed by atoms with E-state index in [1.807, 2.05) is 36.5 Å². The summed E-state index contributed by atoms with van der Waals surface area (Å²) >= 11 is 0. The Morgan fingerprint density at radius 3 is 3.15 bits per heavy atom. The molecule has 0 saturated carbocycles. The summed E-state index contributed by atoms with van der Waals surface area (Å²) in [4.78, 5) is 4.43. The molecule has 1 aromatic heterocycles. The molecule has 104 valence electrons. The second kappa shape index (κ2) is 6.64. The van der Waals surface area contributed by atoms with Crippen LogP contribution in [0.4, 0.5) is 0 Å². The second-order valence-corrected chi connectivity index (χ2v) is 4.99. The number of benzene rings is 1. The molecule has 3 heteroatoms. The summed E-state index contributed by atoms with van der Waals surface area (Å²) in [6.07, 6.45) is 9.28. The molecule has 0 spiro atoms. The molecule has 0 radical (unpaired) electrons. The van der Waals surface area contributed by atoms with Gasteiger partial charge in [-0.3, -0.25) is 4.98 Å². The first-order valence-corrected chi connectivity index (χ1v) is 7.16. The first-order valence-electron chi connectivity index (χ1n) is 7.16. The van der Waals surface area contributed by atoms with E-state index in [1.54, 1.807) is 0 Å². The van der Waals surface area contributed by atoms with Crippen LogP contribution < -0.4 is 0 Å². The number of ether oxygens (including phenoxy) is 2. The zero-order chi connectivity index (χ0) is 13.6. The van der Waals surface area contributed by atoms with Gasteiger partial charge in [0.2, 0.25) is 0 Å². The highest BCUT2D eigenvalue weighted by Crippen LogP contribution is 2.15. The van der Waals surface area contributed by atoms with Crippen LogP contribution in [0.3, 0.4) is 0 Å². The van der Waals surface area contributed by atoms with E-state index < -0.39 is 0 Å². The molecular formula is C17H19NO2. The molecule has 2 heterocycles. The lowest BCUT2D eigenvalue weighted by molar-refractivity contribution is -0.155. The van der Waals surface area contributed by atoms with Gasteiger partial charge in [-0.05, 0) is 37.0 Å². The van der Waals surface area contributed by atoms with E-state index >= 15 is 0 Å². The first-order chi connectivity index (χ1) is 9.92. The fourth-order valence-corrected chi connectivity index (χ4v) is 2.37. The van der Waals surface area contributed by atoms with Crippen molar-refractivity contribution in [3.8, 4) is 0 Å². The Labute approximate surface area is 119 Å². The molecule has 1 atom stereocenters. The van der Waals surface area contributed by atoms with Crippen LogP contribution in [0.25, 0.3) is 17.0 Å². The summed E-state index contributed by atoms with van der Waals surface area (Å²) in [5.74, 6) is 0. The maximum atomic E-state index is 5.66. The van der Waals surface area contributed by atoms with E-state index in [0.29, 0.717) is 6.61 Å². The molecule has 3 rings (SSSR count). The number of nitrogens with zero attached hydrogens (tertiary/aromatic N) is 1. The molecule has 1 aromatic carbocycles. The predicted octanol–water partition coefficient (Wildman–Crippen LogP) is 3.79. The zero-order valence-corrected chi connectivity index (χ0v) is 11.5. The van der Waals surface area contributed by atoms with Crippen molar-refractivity contribution in [3.05, 3.63) is 48.2 Å². The molecule has 1 fully saturated rings. The lowest BCUT2D eigenvalue weighted by atomic mass is 10.1. The summed E-state index contributed by atoms with van der Waals surface area (Å²) in [6, 6.07) is 10.3. The first kappa shape index (κ1) is 13.3. The van der Waals surface area contributed by atoms with Crippen LogP contribution in [-0.4, -0.2) is 24.5 Å². The van der Waals surface area contributed by atoms with Crippen LogP contribution in [0.2, 0.25) is 0 Å². The van der Waals surface area contributed by atoms with E-state index in [9.17, 15) is 0 Å². The van der Waals surface area contributed by atoms with Crippen molar-refractivity contribution in [2.45, 2.75) is 25.6 Å². The number of rotatable bonds is 4. The number of pyridine rings is 1. The molecule has 0 amide bonds. The number of para-hydroxylation sites is 1. The van der Waals surface area contributed by atoms with Gasteiger partial charge in [0, 0.05) is 18.2 Å². The third kappa shape index (κ3) is 3.44. The molecule has 1 saturated heterocycles. The highest BCUT2D eigenvalue weighted by Gasteiger charge is 2.12. The standard InChI is InChI=1S/C17H19NO2/c1-2-8-16-15(7-1)12-14(13-18-16)6-5-11-20-17-9-3-4-10-19-17/h1-2,5-8,12-13,17H,3-4,9-11H2/b6-5+. The van der Waals surface area contributed by atoms with Crippen molar-refractivity contribution >= 4 is 17.0 Å². The molecule has 1 unspecified atom stereocenters. The van der Waals surface area contributed by atoms with Gasteiger partial charge in [-0.2, -0.15) is 0 Å². The van der Waals surface area contributed by atoms with Crippen LogP contribution in [-0.2, 0) is 9.47 Å². The van der Waals surface area contributed by atoms with Crippen LogP contribution in [0.15, 0.2) is 42.6 Å². The SMILES string of the molecule is C(=C\c1cnc2ccccc2c1)/COC1CCCCO1. The topological polar surface area (TPSA) is 31.4 Å². The fraction of sp³-hybridized carbons (Fsp3) is 0.353. The van der Waals surface area contributed by atoms with Crippen LogP contribution in [0, 0.1) is 0 Å². The van der Waals surface area contributed by atoms with Crippen molar-refractivity contribution in [2.75, 3.05) is 13.2 Å². The maximum absolute atomic E-state index is 5.66. The molecular weight excluding hydrogens is 250 g/mol. The van der Waals surface area contributed by atoms with Gasteiger partial charge in [0.15, 0.2) is 6.29 Å². The summed E-state index contributed by atoms with van der Waals surface area (Å²) in [5.41, 5.74) is 2.12. The Hall–Kier alpha value is -1.71. The minimum absolute atomic E-state index is 0.0249. The van der Waals surface area contributed by atoms with Gasteiger partial charge in [-0.1, -0.05) is 30.4 Å². The van der Waals surface area contributed by atoms with Crippen molar-refractivity contribution in [1.29, 1.82) is 0 Å². The van der Waals surface area contributed by atoms with Crippen LogP contribution >= 0.6 is 0 Å². The average Bonchev–Trinajstić information content (AvgIpc) is 2.52. The molecule has 0 N–H and O–H groups in total. The van der Waals surface area contributed by atoms with Crippen molar-refractivity contribution < 1.29 is 9.47 Å². The Bertz CT molecular complexity index is 588. The Kier molecular flexibility index (Phi) is 4.41. The number of hydrogen-bond acceptors (Lipinski definition) is 3. The molecule has 0 bridgehead atoms. The third-order valence-electron chi connectivity index (χ3n) is 3.44. The molecule has 2 aromatic rings. The van der Waals surface area contributed by atoms with Gasteiger partial charge in [-0.25, -0.2) is 0 Å². The summed E-state index contributed by atoms with van der Waals surface area (Å²) in [6.45, 7) is 1.40. The molecule has 1 aliphatic rings. The lowest BCUT2D eigenvalue weighted by Gasteiger charge is -2.21. The quantitative estimate of drug-likeness (QED) is 0.846. The maximum Gasteiger partial charge on any atom is 0.157 e. The minimum atomic E-state index is -0.0249. The fourth-order valence-electron chi connectivity index (χ4n) is 2.37. The third-order valence-corrected chi connectivity index (χ3v) is 3.44. The van der Waals surface area contributed by atoms with Crippen molar-refractivity contribution in [2.24, 2.45) is 0 Å². The highest BCUT2D eigenvalue weighted by atomic mass is 16.7. The zero-order valence-electron chi connectivity index (χ0n) is 11.5. The lowest BCUT2D eigenvalue weighted by Crippen LogP contribution is -2.22. The van der Waals surface area contributed by atoms with Crippen molar-refractivity contribution in [3.63, 3.8) is 0 Å². The number of aromatic nitrogens is 1. The van der Waals surface area contributed by atoms with Gasteiger partial charge < -0.3 is 9.47 Å². The summed E-state index contributed by atoms with van der Waals surface area (Å²) in [7, 11) is 0. The number of fused-ring (bicyclic) bond motifs is 1. The summed E-state index contributed by atoms with van der Waals surface area (Å²) < 4.78 is 11.2. The van der Waals surface area contributed by atoms with E-state index in [-0.39, 0.29) is 6.29 Å². The predicted molar refractivity (Wildman–Crippen MR) is 80.3 cm³/mol. The molecule has 3 nitrogen and oxygen atoms in total. The average molecular weight is 269 g/mol. The second-order valence-electron chi connectivity index (χ2n) is 4.99. The molecule has 20 heavy (non-hydrogen) atoms. The Morgan fingerprint density at radius 1 is 1.30 bits per heavy atom. The normalized spacial score (nSPS) is 19.7. The van der Waals surface area contributed by atoms with E-state index in [2.05, 4.69) is 17.1 Å². The molecule has 0 aliphatic carbocycles. The van der Waals surface area contributed by atoms with Gasteiger partial charge in [-0.15, -0.1) is 0 Å². The van der Waals surface area contributed by atoms with Gasteiger partial charge in [0.05, 0.1) is 12.1 Å². The van der Waals surface area contributed by atoms with Gasteiger partial charge in [0.25, 0.3) is 0 Å². The van der Waals surface area contributed by atoms with E-state index in [1.165, 1.54) is 6.42 Å². The smallest absolute Gasteiger partial charge is 0.157 e. The van der Waals surface area contributed by atoms with Gasteiger partial charge in [0.1, 0.15) is 0 Å². The monoisotopic (exact) mass is 269 g/mol. The molecule has 1 aliphatic heterocycles. The van der Waals surface area contributed by atoms with Crippen LogP contribution in [0.5, 0.6) is 0 Å². The van der Waals surface area contributed by atoms with E-state index in [4.69, 9.17) is 9.47 Å². The van der Waals surface area contributed by atoms with Crippen LogP contribution in [0.1, 0.15) is 24.8 Å². The number of hydrogen-bond donors (Lipinski definition) is 0. The Balaban J connectivity index is 1.56. The minimum Gasteiger partial charge on any atom is -0.353 e. The Morgan fingerprint density at radius 2 is 2.25 bits per heavy atom. The van der Waals surface area contributed by atoms with Crippen molar-refractivity contribution in [1.82, 2.24) is 4.98 Å². The summed E-state index contributed by atoms with van der Waals surface area (Å²) in [5, 5.41) is 1.16. The van der Waals surface area contributed by atoms with E-state index in [0.717, 1.165) is 35.9 Å². The largest absolute Gasteiger partial charge is 0.353 e. The van der Waals surface area contributed by atoms with Gasteiger partial charge >= 0.3 is 0 Å². The highest BCUT2D eigenvalue weighted by molar-refractivity contribution is 5.80.